The molecule has 1 rings (SSSR count). The molecule has 0 spiro atoms. The molecule has 1 saturated heterocycles. The van der Waals surface area contributed by atoms with E-state index in [-0.39, 0.29) is 0 Å². The first-order valence-electron chi connectivity index (χ1n) is 3.54. The number of rotatable bonds is 2. The summed E-state index contributed by atoms with van der Waals surface area (Å²) in [5.74, 6) is 0. The molecule has 1 aliphatic rings. The predicted molar refractivity (Wildman–Crippen MR) is 39.7 cm³/mol. The van der Waals surface area contributed by atoms with Crippen LogP contribution in [-0.2, 0) is 4.94 Å². The van der Waals surface area contributed by atoms with E-state index in [1.807, 2.05) is 12.0 Å². The maximum atomic E-state index is 4.99. The van der Waals surface area contributed by atoms with Gasteiger partial charge in [0.1, 0.15) is 0 Å². The summed E-state index contributed by atoms with van der Waals surface area (Å²) in [5.41, 5.74) is 0. The van der Waals surface area contributed by atoms with Crippen molar-refractivity contribution >= 4 is 6.21 Å². The molecule has 10 heavy (non-hydrogen) atoms. The van der Waals surface area contributed by atoms with Gasteiger partial charge in [-0.2, -0.15) is 0 Å². The molecule has 0 saturated carbocycles. The van der Waals surface area contributed by atoms with E-state index < -0.39 is 0 Å². The lowest BCUT2D eigenvalue weighted by Crippen LogP contribution is -2.42. The highest BCUT2D eigenvalue weighted by Gasteiger charge is 2.08. The van der Waals surface area contributed by atoms with Gasteiger partial charge in [0.2, 0.25) is 0 Å². The minimum atomic E-state index is 0.914. The number of nitrogens with one attached hydrogen (secondary N) is 1. The molecule has 1 fully saturated rings. The summed E-state index contributed by atoms with van der Waals surface area (Å²) in [6.45, 7) is 5.63. The Balaban J connectivity index is 2.13. The van der Waals surface area contributed by atoms with Crippen molar-refractivity contribution in [1.82, 2.24) is 10.4 Å². The molecule has 4 nitrogen and oxygen atoms in total. The third-order valence-corrected chi connectivity index (χ3v) is 1.34. The van der Waals surface area contributed by atoms with E-state index in [1.165, 1.54) is 0 Å². The van der Waals surface area contributed by atoms with Gasteiger partial charge in [-0.15, -0.1) is 5.06 Å². The Labute approximate surface area is 60.8 Å². The lowest BCUT2D eigenvalue weighted by molar-refractivity contribution is -0.163. The summed E-state index contributed by atoms with van der Waals surface area (Å²) >= 11 is 0. The quantitative estimate of drug-likeness (QED) is 0.430. The Bertz CT molecular complexity index is 110. The van der Waals surface area contributed by atoms with Crippen LogP contribution in [0.3, 0.4) is 0 Å². The van der Waals surface area contributed by atoms with Crippen molar-refractivity contribution in [3.05, 3.63) is 0 Å². The molecule has 0 unspecified atom stereocenters. The molecule has 0 aliphatic carbocycles. The zero-order valence-corrected chi connectivity index (χ0v) is 6.21. The van der Waals surface area contributed by atoms with Crippen molar-refractivity contribution in [1.29, 1.82) is 0 Å². The molecule has 1 N–H and O–H groups in total. The maximum Gasteiger partial charge on any atom is 0.0498 e. The van der Waals surface area contributed by atoms with Crippen molar-refractivity contribution in [2.75, 3.05) is 26.2 Å². The molecular formula is C6H13N3O. The number of piperazine rings is 1. The molecule has 0 aromatic carbocycles. The predicted octanol–water partition coefficient (Wildman–Crippen LogP) is -0.171. The molecule has 4 heteroatoms. The average Bonchev–Trinajstić information content (AvgIpc) is 2.03. The van der Waals surface area contributed by atoms with Crippen molar-refractivity contribution < 1.29 is 4.94 Å². The van der Waals surface area contributed by atoms with Gasteiger partial charge in [0, 0.05) is 32.4 Å². The highest BCUT2D eigenvalue weighted by atomic mass is 16.8. The van der Waals surface area contributed by atoms with Crippen molar-refractivity contribution in [2.45, 2.75) is 6.92 Å². The fourth-order valence-corrected chi connectivity index (χ4v) is 0.840. The molecule has 1 aliphatic heterocycles. The molecule has 1 heterocycles. The van der Waals surface area contributed by atoms with E-state index in [0.29, 0.717) is 0 Å². The molecule has 0 aromatic rings. The van der Waals surface area contributed by atoms with Crippen LogP contribution in [0.1, 0.15) is 6.92 Å². The zero-order valence-electron chi connectivity index (χ0n) is 6.21. The van der Waals surface area contributed by atoms with E-state index in [0.717, 1.165) is 26.2 Å². The second-order valence-corrected chi connectivity index (χ2v) is 2.12. The summed E-state index contributed by atoms with van der Waals surface area (Å²) in [6.07, 6.45) is 1.64. The lowest BCUT2D eigenvalue weighted by Gasteiger charge is -2.22. The van der Waals surface area contributed by atoms with Gasteiger partial charge in [0.15, 0.2) is 0 Å². The second-order valence-electron chi connectivity index (χ2n) is 2.12. The average molecular weight is 143 g/mol. The number of nitrogens with zero attached hydrogens (tertiary/aromatic N) is 2. The SMILES string of the molecule is CC=NON1CCNCC1. The van der Waals surface area contributed by atoms with Gasteiger partial charge in [-0.05, 0) is 6.92 Å². The van der Waals surface area contributed by atoms with E-state index in [4.69, 9.17) is 4.94 Å². The number of hydrogen-bond donors (Lipinski definition) is 1. The van der Waals surface area contributed by atoms with Gasteiger partial charge in [0.05, 0.1) is 0 Å². The third kappa shape index (κ3) is 2.33. The largest absolute Gasteiger partial charge is 0.314 e. The second kappa shape index (κ2) is 4.24. The highest BCUT2D eigenvalue weighted by Crippen LogP contribution is 1.92. The lowest BCUT2D eigenvalue weighted by atomic mass is 10.4. The Morgan fingerprint density at radius 3 is 2.80 bits per heavy atom. The van der Waals surface area contributed by atoms with Crippen LogP contribution in [-0.4, -0.2) is 37.5 Å². The number of hydrogen-bond acceptors (Lipinski definition) is 4. The van der Waals surface area contributed by atoms with E-state index in [9.17, 15) is 0 Å². The monoisotopic (exact) mass is 143 g/mol. The maximum absolute atomic E-state index is 4.99. The van der Waals surface area contributed by atoms with Crippen LogP contribution in [0.15, 0.2) is 5.16 Å². The summed E-state index contributed by atoms with van der Waals surface area (Å²) in [5, 5.41) is 8.73. The number of hydroxylamine groups is 2. The molecular weight excluding hydrogens is 130 g/mol. The number of oxime groups is 1. The zero-order chi connectivity index (χ0) is 7.23. The van der Waals surface area contributed by atoms with Crippen molar-refractivity contribution in [2.24, 2.45) is 5.16 Å². The van der Waals surface area contributed by atoms with Gasteiger partial charge in [-0.25, -0.2) is 0 Å². The normalized spacial score (nSPS) is 21.7. The van der Waals surface area contributed by atoms with Crippen LogP contribution in [0.25, 0.3) is 0 Å². The minimum absolute atomic E-state index is 0.914. The van der Waals surface area contributed by atoms with Crippen LogP contribution < -0.4 is 5.32 Å². The summed E-state index contributed by atoms with van der Waals surface area (Å²) in [6, 6.07) is 0. The summed E-state index contributed by atoms with van der Waals surface area (Å²) in [4.78, 5) is 4.99. The first-order chi connectivity index (χ1) is 4.93. The molecule has 0 aromatic heterocycles. The van der Waals surface area contributed by atoms with Crippen LogP contribution >= 0.6 is 0 Å². The van der Waals surface area contributed by atoms with Gasteiger partial charge >= 0.3 is 0 Å². The van der Waals surface area contributed by atoms with Gasteiger partial charge in [-0.1, -0.05) is 5.16 Å². The standard InChI is InChI=1S/C6H13N3O/c1-2-8-10-9-5-3-7-4-6-9/h2,7H,3-6H2,1H3. The third-order valence-electron chi connectivity index (χ3n) is 1.34. The van der Waals surface area contributed by atoms with Crippen LogP contribution in [0.4, 0.5) is 0 Å². The van der Waals surface area contributed by atoms with Gasteiger partial charge in [-0.3, -0.25) is 4.94 Å². The first kappa shape index (κ1) is 7.50. The molecule has 58 valence electrons. The fourth-order valence-electron chi connectivity index (χ4n) is 0.840. The van der Waals surface area contributed by atoms with Crippen molar-refractivity contribution in [3.63, 3.8) is 0 Å². The van der Waals surface area contributed by atoms with Crippen LogP contribution in [0.2, 0.25) is 0 Å². The Morgan fingerprint density at radius 2 is 2.20 bits per heavy atom. The summed E-state index contributed by atoms with van der Waals surface area (Å²) in [7, 11) is 0. The Hall–Kier alpha value is -0.610. The van der Waals surface area contributed by atoms with Crippen LogP contribution in [0.5, 0.6) is 0 Å². The molecule has 0 radical (unpaired) electrons. The molecule has 0 atom stereocenters. The Morgan fingerprint density at radius 1 is 1.50 bits per heavy atom. The Kier molecular flexibility index (Phi) is 3.18. The minimum Gasteiger partial charge on any atom is -0.314 e. The molecule has 0 amide bonds. The topological polar surface area (TPSA) is 36.9 Å². The first-order valence-corrected chi connectivity index (χ1v) is 3.54. The summed E-state index contributed by atoms with van der Waals surface area (Å²) < 4.78 is 0. The molecule has 0 bridgehead atoms. The van der Waals surface area contributed by atoms with Crippen LogP contribution in [0, 0.1) is 0 Å². The van der Waals surface area contributed by atoms with E-state index in [2.05, 4.69) is 10.5 Å². The van der Waals surface area contributed by atoms with E-state index in [1.54, 1.807) is 6.21 Å². The van der Waals surface area contributed by atoms with Crippen molar-refractivity contribution in [3.8, 4) is 0 Å². The fraction of sp³-hybridized carbons (Fsp3) is 0.833. The highest BCUT2D eigenvalue weighted by molar-refractivity contribution is 5.52. The van der Waals surface area contributed by atoms with Gasteiger partial charge in [0.25, 0.3) is 0 Å². The van der Waals surface area contributed by atoms with Gasteiger partial charge < -0.3 is 5.32 Å². The van der Waals surface area contributed by atoms with E-state index >= 15 is 0 Å². The smallest absolute Gasteiger partial charge is 0.0498 e.